The van der Waals surface area contributed by atoms with Gasteiger partial charge in [0, 0.05) is 29.2 Å². The molecule has 2 rings (SSSR count). The molecule has 0 spiro atoms. The van der Waals surface area contributed by atoms with E-state index in [2.05, 4.69) is 4.98 Å². The Hall–Kier alpha value is -2.30. The summed E-state index contributed by atoms with van der Waals surface area (Å²) >= 11 is 0. The molecule has 1 aromatic carbocycles. The quantitative estimate of drug-likeness (QED) is 0.902. The zero-order valence-electron chi connectivity index (χ0n) is 12.0. The first-order chi connectivity index (χ1) is 9.32. The summed E-state index contributed by atoms with van der Waals surface area (Å²) in [7, 11) is 1.50. The highest BCUT2D eigenvalue weighted by Crippen LogP contribution is 2.23. The van der Waals surface area contributed by atoms with E-state index in [9.17, 15) is 9.59 Å². The van der Waals surface area contributed by atoms with Crippen LogP contribution in [0.25, 0.3) is 10.9 Å². The zero-order valence-corrected chi connectivity index (χ0v) is 12.0. The van der Waals surface area contributed by atoms with Crippen LogP contribution in [0.1, 0.15) is 28.5 Å². The smallest absolute Gasteiger partial charge is 0.326 e. The summed E-state index contributed by atoms with van der Waals surface area (Å²) in [6.45, 7) is 5.46. The predicted molar refractivity (Wildman–Crippen MR) is 77.0 cm³/mol. The Labute approximate surface area is 117 Å². The minimum atomic E-state index is -1.02. The SMILES string of the molecule is Cc1[nH]c2ccc(C(=O)N(C)C(C)C(=O)O)cc2c1C. The fourth-order valence-electron chi connectivity index (χ4n) is 2.14. The second kappa shape index (κ2) is 5.00. The van der Waals surface area contributed by atoms with E-state index < -0.39 is 12.0 Å². The van der Waals surface area contributed by atoms with E-state index in [0.29, 0.717) is 5.56 Å². The minimum Gasteiger partial charge on any atom is -0.480 e. The Morgan fingerprint density at radius 1 is 1.30 bits per heavy atom. The largest absolute Gasteiger partial charge is 0.480 e. The van der Waals surface area contributed by atoms with Crippen molar-refractivity contribution >= 4 is 22.8 Å². The predicted octanol–water partition coefficient (Wildman–Crippen LogP) is 2.33. The Morgan fingerprint density at radius 2 is 1.95 bits per heavy atom. The van der Waals surface area contributed by atoms with Crippen molar-refractivity contribution in [2.24, 2.45) is 0 Å². The van der Waals surface area contributed by atoms with Gasteiger partial charge in [0.1, 0.15) is 6.04 Å². The van der Waals surface area contributed by atoms with Crippen LogP contribution < -0.4 is 0 Å². The molecule has 1 aromatic heterocycles. The number of fused-ring (bicyclic) bond motifs is 1. The summed E-state index contributed by atoms with van der Waals surface area (Å²) in [5, 5.41) is 9.96. The number of H-pyrrole nitrogens is 1. The standard InChI is InChI=1S/C15H18N2O3/c1-8-9(2)16-13-6-5-11(7-12(8)13)14(18)17(4)10(3)15(19)20/h5-7,10,16H,1-4H3,(H,19,20). The minimum absolute atomic E-state index is 0.292. The molecule has 2 N–H and O–H groups in total. The lowest BCUT2D eigenvalue weighted by Crippen LogP contribution is -2.40. The summed E-state index contributed by atoms with van der Waals surface area (Å²) in [5.74, 6) is -1.31. The number of hydrogen-bond acceptors (Lipinski definition) is 2. The summed E-state index contributed by atoms with van der Waals surface area (Å²) < 4.78 is 0. The summed E-state index contributed by atoms with van der Waals surface area (Å²) in [6, 6.07) is 4.52. The van der Waals surface area contributed by atoms with Crippen LogP contribution in [-0.2, 0) is 4.79 Å². The van der Waals surface area contributed by atoms with E-state index in [4.69, 9.17) is 5.11 Å². The fourth-order valence-corrected chi connectivity index (χ4v) is 2.14. The van der Waals surface area contributed by atoms with Gasteiger partial charge in [-0.3, -0.25) is 4.79 Å². The van der Waals surface area contributed by atoms with Crippen LogP contribution in [0.4, 0.5) is 0 Å². The fraction of sp³-hybridized carbons (Fsp3) is 0.333. The lowest BCUT2D eigenvalue weighted by molar-refractivity contribution is -0.141. The first-order valence-corrected chi connectivity index (χ1v) is 6.41. The maximum absolute atomic E-state index is 12.3. The highest BCUT2D eigenvalue weighted by molar-refractivity contribution is 6.00. The molecule has 0 saturated heterocycles. The molecule has 1 unspecified atom stereocenters. The van der Waals surface area contributed by atoms with Crippen molar-refractivity contribution in [2.75, 3.05) is 7.05 Å². The summed E-state index contributed by atoms with van der Waals surface area (Å²) in [6.07, 6.45) is 0. The van der Waals surface area contributed by atoms with Crippen molar-refractivity contribution in [3.63, 3.8) is 0 Å². The molecule has 5 heteroatoms. The normalized spacial score (nSPS) is 12.4. The lowest BCUT2D eigenvalue weighted by Gasteiger charge is -2.21. The molecule has 0 saturated carbocycles. The van der Waals surface area contributed by atoms with Gasteiger partial charge in [0.2, 0.25) is 0 Å². The number of aliphatic carboxylic acids is 1. The van der Waals surface area contributed by atoms with Crippen LogP contribution >= 0.6 is 0 Å². The van der Waals surface area contributed by atoms with Crippen molar-refractivity contribution in [2.45, 2.75) is 26.8 Å². The van der Waals surface area contributed by atoms with Crippen molar-refractivity contribution in [3.05, 3.63) is 35.0 Å². The van der Waals surface area contributed by atoms with Gasteiger partial charge in [-0.05, 0) is 44.5 Å². The Bertz CT molecular complexity index is 688. The second-order valence-electron chi connectivity index (χ2n) is 5.07. The number of nitrogens with one attached hydrogen (secondary N) is 1. The number of rotatable bonds is 3. The molecule has 0 bridgehead atoms. The average molecular weight is 274 g/mol. The molecule has 2 aromatic rings. The first kappa shape index (κ1) is 14.1. The molecular weight excluding hydrogens is 256 g/mol. The molecule has 0 aliphatic carbocycles. The van der Waals surface area contributed by atoms with Gasteiger partial charge in [0.25, 0.3) is 5.91 Å². The highest BCUT2D eigenvalue weighted by Gasteiger charge is 2.23. The molecule has 0 aliphatic heterocycles. The number of carbonyl (C=O) groups is 2. The summed E-state index contributed by atoms with van der Waals surface area (Å²) in [4.78, 5) is 27.7. The van der Waals surface area contributed by atoms with Crippen molar-refractivity contribution in [1.29, 1.82) is 0 Å². The Kier molecular flexibility index (Phi) is 3.53. The van der Waals surface area contributed by atoms with Gasteiger partial charge in [-0.1, -0.05) is 0 Å². The number of aromatic nitrogens is 1. The highest BCUT2D eigenvalue weighted by atomic mass is 16.4. The number of hydrogen-bond donors (Lipinski definition) is 2. The number of aryl methyl sites for hydroxylation is 2. The molecule has 5 nitrogen and oxygen atoms in total. The number of amides is 1. The van der Waals surface area contributed by atoms with Crippen LogP contribution in [0.2, 0.25) is 0 Å². The number of aromatic amines is 1. The topological polar surface area (TPSA) is 73.4 Å². The van der Waals surface area contributed by atoms with E-state index in [1.54, 1.807) is 6.07 Å². The van der Waals surface area contributed by atoms with Gasteiger partial charge in [0.15, 0.2) is 0 Å². The number of carbonyl (C=O) groups excluding carboxylic acids is 1. The molecule has 0 radical (unpaired) electrons. The van der Waals surface area contributed by atoms with Crippen LogP contribution in [0.15, 0.2) is 18.2 Å². The molecule has 1 heterocycles. The number of likely N-dealkylation sites (N-methyl/N-ethyl adjacent to an activating group) is 1. The zero-order chi connectivity index (χ0) is 15.0. The van der Waals surface area contributed by atoms with Gasteiger partial charge in [0.05, 0.1) is 0 Å². The van der Waals surface area contributed by atoms with E-state index >= 15 is 0 Å². The van der Waals surface area contributed by atoms with Gasteiger partial charge in [-0.25, -0.2) is 4.79 Å². The van der Waals surface area contributed by atoms with Crippen LogP contribution in [0, 0.1) is 13.8 Å². The molecule has 0 fully saturated rings. The molecule has 0 aliphatic rings. The monoisotopic (exact) mass is 274 g/mol. The maximum atomic E-state index is 12.3. The third-order valence-corrected chi connectivity index (χ3v) is 3.81. The third kappa shape index (κ3) is 2.27. The van der Waals surface area contributed by atoms with Gasteiger partial charge >= 0.3 is 5.97 Å². The van der Waals surface area contributed by atoms with Crippen molar-refractivity contribution in [1.82, 2.24) is 9.88 Å². The van der Waals surface area contributed by atoms with E-state index in [1.807, 2.05) is 26.0 Å². The van der Waals surface area contributed by atoms with E-state index in [0.717, 1.165) is 22.2 Å². The second-order valence-corrected chi connectivity index (χ2v) is 5.07. The van der Waals surface area contributed by atoms with Gasteiger partial charge < -0.3 is 15.0 Å². The number of nitrogens with zero attached hydrogens (tertiary/aromatic N) is 1. The first-order valence-electron chi connectivity index (χ1n) is 6.41. The summed E-state index contributed by atoms with van der Waals surface area (Å²) in [5.41, 5.74) is 3.64. The van der Waals surface area contributed by atoms with E-state index in [-0.39, 0.29) is 5.91 Å². The molecule has 1 atom stereocenters. The Balaban J connectivity index is 2.40. The van der Waals surface area contributed by atoms with Crippen molar-refractivity contribution < 1.29 is 14.7 Å². The van der Waals surface area contributed by atoms with Crippen molar-refractivity contribution in [3.8, 4) is 0 Å². The van der Waals surface area contributed by atoms with Crippen LogP contribution in [0.5, 0.6) is 0 Å². The number of benzene rings is 1. The molecule has 1 amide bonds. The van der Waals surface area contributed by atoms with Crippen LogP contribution in [0.3, 0.4) is 0 Å². The Morgan fingerprint density at radius 3 is 2.55 bits per heavy atom. The van der Waals surface area contributed by atoms with Crippen LogP contribution in [-0.4, -0.2) is 40.0 Å². The lowest BCUT2D eigenvalue weighted by atomic mass is 10.1. The maximum Gasteiger partial charge on any atom is 0.326 e. The van der Waals surface area contributed by atoms with E-state index in [1.165, 1.54) is 18.9 Å². The molecular formula is C15H18N2O3. The van der Waals surface area contributed by atoms with Gasteiger partial charge in [-0.2, -0.15) is 0 Å². The average Bonchev–Trinajstić information content (AvgIpc) is 2.71. The molecule has 106 valence electrons. The number of carboxylic acids is 1. The molecule has 20 heavy (non-hydrogen) atoms. The number of carboxylic acid groups (broad SMARTS) is 1. The van der Waals surface area contributed by atoms with Gasteiger partial charge in [-0.15, -0.1) is 0 Å². The third-order valence-electron chi connectivity index (χ3n) is 3.81.